The molecule has 4 rings (SSSR count). The van der Waals surface area contributed by atoms with E-state index >= 15 is 0 Å². The van der Waals surface area contributed by atoms with Crippen LogP contribution in [0.3, 0.4) is 0 Å². The van der Waals surface area contributed by atoms with Crippen LogP contribution in [0.25, 0.3) is 21.9 Å². The van der Waals surface area contributed by atoms with Crippen LogP contribution in [0.4, 0.5) is 0 Å². The summed E-state index contributed by atoms with van der Waals surface area (Å²) in [6.45, 7) is 4.44. The van der Waals surface area contributed by atoms with Crippen molar-refractivity contribution in [3.63, 3.8) is 0 Å². The Morgan fingerprint density at radius 2 is 1.83 bits per heavy atom. The maximum Gasteiger partial charge on any atom is 0.269 e. The molecule has 1 amide bonds. The molecule has 3 aromatic heterocycles. The van der Waals surface area contributed by atoms with Crippen LogP contribution in [0.15, 0.2) is 54.7 Å². The van der Waals surface area contributed by atoms with Gasteiger partial charge in [-0.05, 0) is 38.1 Å². The first-order valence-electron chi connectivity index (χ1n) is 9.82. The zero-order valence-electron chi connectivity index (χ0n) is 17.2. The second kappa shape index (κ2) is 7.60. The van der Waals surface area contributed by atoms with Crippen molar-refractivity contribution >= 4 is 37.9 Å². The van der Waals surface area contributed by atoms with E-state index in [0.29, 0.717) is 18.5 Å². The quantitative estimate of drug-likeness (QED) is 0.514. The van der Waals surface area contributed by atoms with Crippen LogP contribution in [0.1, 0.15) is 36.1 Å². The molecular formula is C22H24N4O3S. The number of aromatic nitrogens is 3. The number of pyridine rings is 1. The van der Waals surface area contributed by atoms with Crippen LogP contribution in [-0.2, 0) is 16.4 Å². The van der Waals surface area contributed by atoms with Crippen molar-refractivity contribution in [3.8, 4) is 0 Å². The minimum atomic E-state index is -3.71. The van der Waals surface area contributed by atoms with Crippen molar-refractivity contribution in [2.45, 2.75) is 26.3 Å². The van der Waals surface area contributed by atoms with E-state index in [1.54, 1.807) is 12.3 Å². The van der Waals surface area contributed by atoms with E-state index in [0.717, 1.165) is 28.4 Å². The van der Waals surface area contributed by atoms with E-state index in [1.165, 1.54) is 3.97 Å². The van der Waals surface area contributed by atoms with Gasteiger partial charge in [-0.3, -0.25) is 9.78 Å². The van der Waals surface area contributed by atoms with E-state index in [4.69, 9.17) is 0 Å². The van der Waals surface area contributed by atoms with Gasteiger partial charge in [-0.1, -0.05) is 24.3 Å². The minimum Gasteiger partial charge on any atom is -0.350 e. The molecule has 0 spiro atoms. The number of carbonyl (C=O) groups excluding carboxylic acids is 1. The molecule has 156 valence electrons. The van der Waals surface area contributed by atoms with Crippen LogP contribution < -0.4 is 5.32 Å². The summed E-state index contributed by atoms with van der Waals surface area (Å²) in [5, 5.41) is 3.64. The van der Waals surface area contributed by atoms with Gasteiger partial charge in [0.15, 0.2) is 0 Å². The first kappa shape index (κ1) is 20.2. The van der Waals surface area contributed by atoms with Crippen molar-refractivity contribution in [1.29, 1.82) is 0 Å². The normalized spacial score (nSPS) is 12.1. The molecule has 1 N–H and O–H groups in total. The fraction of sp³-hybridized carbons (Fsp3) is 0.273. The predicted molar refractivity (Wildman–Crippen MR) is 118 cm³/mol. The molecule has 0 aliphatic rings. The van der Waals surface area contributed by atoms with Crippen molar-refractivity contribution in [2.75, 3.05) is 12.8 Å². The first-order chi connectivity index (χ1) is 14.3. The summed E-state index contributed by atoms with van der Waals surface area (Å²) in [7, 11) is -3.71. The van der Waals surface area contributed by atoms with Crippen LogP contribution >= 0.6 is 0 Å². The van der Waals surface area contributed by atoms with Crippen molar-refractivity contribution in [3.05, 3.63) is 66.1 Å². The van der Waals surface area contributed by atoms with Crippen LogP contribution in [0.2, 0.25) is 0 Å². The maximum atomic E-state index is 13.0. The van der Waals surface area contributed by atoms with Gasteiger partial charge in [0.1, 0.15) is 5.69 Å². The zero-order valence-corrected chi connectivity index (χ0v) is 18.0. The number of fused-ring (bicyclic) bond motifs is 3. The molecule has 30 heavy (non-hydrogen) atoms. The third-order valence-electron chi connectivity index (χ3n) is 5.09. The topological polar surface area (TPSA) is 86.0 Å². The molecule has 0 fully saturated rings. The number of nitrogens with one attached hydrogen (secondary N) is 1. The Labute approximate surface area is 175 Å². The lowest BCUT2D eigenvalue weighted by Crippen LogP contribution is -2.29. The van der Waals surface area contributed by atoms with Crippen LogP contribution in [0.5, 0.6) is 0 Å². The Hall–Kier alpha value is -3.13. The predicted octanol–water partition coefficient (Wildman–Crippen LogP) is 3.35. The zero-order chi connectivity index (χ0) is 21.5. The molecule has 4 aromatic rings. The SMILES string of the molecule is CC(C)n1c2ccccc2c2c1cc(C(=O)NCCc1ccccn1)n2S(C)(=O)=O. The van der Waals surface area contributed by atoms with Gasteiger partial charge in [0.25, 0.3) is 5.91 Å². The highest BCUT2D eigenvalue weighted by molar-refractivity contribution is 7.89. The number of carbonyl (C=O) groups is 1. The number of hydrogen-bond acceptors (Lipinski definition) is 4. The van der Waals surface area contributed by atoms with E-state index in [-0.39, 0.29) is 11.7 Å². The molecular weight excluding hydrogens is 400 g/mol. The summed E-state index contributed by atoms with van der Waals surface area (Å²) in [4.78, 5) is 17.2. The summed E-state index contributed by atoms with van der Waals surface area (Å²) in [5.74, 6) is -0.424. The van der Waals surface area contributed by atoms with Crippen molar-refractivity contribution in [1.82, 2.24) is 18.8 Å². The lowest BCUT2D eigenvalue weighted by atomic mass is 10.2. The van der Waals surface area contributed by atoms with Crippen LogP contribution in [0, 0.1) is 0 Å². The highest BCUT2D eigenvalue weighted by Crippen LogP contribution is 2.35. The number of amides is 1. The third-order valence-corrected chi connectivity index (χ3v) is 6.13. The fourth-order valence-corrected chi connectivity index (χ4v) is 4.94. The molecule has 0 aliphatic heterocycles. The molecule has 0 saturated heterocycles. The second-order valence-corrected chi connectivity index (χ2v) is 9.43. The Morgan fingerprint density at radius 1 is 1.10 bits per heavy atom. The van der Waals surface area contributed by atoms with Crippen molar-refractivity contribution in [2.24, 2.45) is 0 Å². The molecule has 0 bridgehead atoms. The van der Waals surface area contributed by atoms with Gasteiger partial charge in [0.05, 0.1) is 22.8 Å². The van der Waals surface area contributed by atoms with E-state index < -0.39 is 15.9 Å². The molecule has 0 radical (unpaired) electrons. The van der Waals surface area contributed by atoms with Gasteiger partial charge in [-0.2, -0.15) is 0 Å². The number of benzene rings is 1. The summed E-state index contributed by atoms with van der Waals surface area (Å²) < 4.78 is 28.7. The average molecular weight is 425 g/mol. The molecule has 7 nitrogen and oxygen atoms in total. The Morgan fingerprint density at radius 3 is 2.50 bits per heavy atom. The summed E-state index contributed by atoms with van der Waals surface area (Å²) in [6, 6.07) is 15.0. The molecule has 1 aromatic carbocycles. The minimum absolute atomic E-state index is 0.0999. The smallest absolute Gasteiger partial charge is 0.269 e. The molecule has 8 heteroatoms. The summed E-state index contributed by atoms with van der Waals surface area (Å²) in [5.41, 5.74) is 3.18. The summed E-state index contributed by atoms with van der Waals surface area (Å²) >= 11 is 0. The molecule has 3 heterocycles. The third kappa shape index (κ3) is 3.47. The van der Waals surface area contributed by atoms with Gasteiger partial charge in [-0.25, -0.2) is 12.4 Å². The van der Waals surface area contributed by atoms with Gasteiger partial charge in [-0.15, -0.1) is 0 Å². The Kier molecular flexibility index (Phi) is 5.11. The monoisotopic (exact) mass is 424 g/mol. The number of para-hydroxylation sites is 1. The Bertz CT molecular complexity index is 1340. The van der Waals surface area contributed by atoms with E-state index in [2.05, 4.69) is 14.9 Å². The molecule has 0 aliphatic carbocycles. The maximum absolute atomic E-state index is 13.0. The number of nitrogens with zero attached hydrogens (tertiary/aromatic N) is 3. The molecule has 0 atom stereocenters. The Balaban J connectivity index is 1.80. The van der Waals surface area contributed by atoms with E-state index in [1.807, 2.05) is 56.3 Å². The van der Waals surface area contributed by atoms with Gasteiger partial charge in [0, 0.05) is 36.3 Å². The first-order valence-corrected chi connectivity index (χ1v) is 11.7. The standard InChI is InChI=1S/C22H24N4O3S/c1-15(2)25-18-10-5-4-9-17(18)21-19(25)14-20(26(21)30(3,28)29)22(27)24-13-11-16-8-6-7-12-23-16/h4-10,12,14-15H,11,13H2,1-3H3,(H,24,27). The second-order valence-electron chi connectivity index (χ2n) is 7.60. The van der Waals surface area contributed by atoms with Gasteiger partial charge < -0.3 is 9.88 Å². The highest BCUT2D eigenvalue weighted by Gasteiger charge is 2.26. The van der Waals surface area contributed by atoms with Gasteiger partial charge in [0.2, 0.25) is 10.0 Å². The van der Waals surface area contributed by atoms with E-state index in [9.17, 15) is 13.2 Å². The average Bonchev–Trinajstić information content (AvgIpc) is 3.23. The number of hydrogen-bond donors (Lipinski definition) is 1. The molecule has 0 unspecified atom stereocenters. The van der Waals surface area contributed by atoms with Gasteiger partial charge >= 0.3 is 0 Å². The lowest BCUT2D eigenvalue weighted by molar-refractivity contribution is 0.0948. The highest BCUT2D eigenvalue weighted by atomic mass is 32.2. The lowest BCUT2D eigenvalue weighted by Gasteiger charge is -2.11. The van der Waals surface area contributed by atoms with Crippen LogP contribution in [-0.4, -0.2) is 40.6 Å². The van der Waals surface area contributed by atoms with Crippen molar-refractivity contribution < 1.29 is 13.2 Å². The molecule has 0 saturated carbocycles. The largest absolute Gasteiger partial charge is 0.350 e. The fourth-order valence-electron chi connectivity index (χ4n) is 3.92. The number of rotatable bonds is 6. The summed E-state index contributed by atoms with van der Waals surface area (Å²) in [6.07, 6.45) is 3.39.